The standard InChI is InChI=1S/C11H10BrClO2/c12-9-5-6-10(14)15-11(9)7-1-3-8(13)4-2-7/h1-4,9,11H,5-6H2/t9-,11+/m1/s1. The van der Waals surface area contributed by atoms with Crippen LogP contribution in [0.15, 0.2) is 24.3 Å². The quantitative estimate of drug-likeness (QED) is 0.584. The molecule has 1 aromatic carbocycles. The molecule has 1 aromatic rings. The van der Waals surface area contributed by atoms with Crippen LogP contribution in [0.1, 0.15) is 24.5 Å². The van der Waals surface area contributed by atoms with Gasteiger partial charge in [0.2, 0.25) is 0 Å². The molecule has 0 aromatic heterocycles. The third-order valence-corrected chi connectivity index (χ3v) is 3.60. The number of esters is 1. The van der Waals surface area contributed by atoms with Gasteiger partial charge in [-0.15, -0.1) is 0 Å². The molecule has 1 fully saturated rings. The van der Waals surface area contributed by atoms with E-state index in [0.29, 0.717) is 11.4 Å². The van der Waals surface area contributed by atoms with E-state index in [9.17, 15) is 4.79 Å². The van der Waals surface area contributed by atoms with Crippen molar-refractivity contribution in [3.8, 4) is 0 Å². The lowest BCUT2D eigenvalue weighted by Crippen LogP contribution is -2.26. The van der Waals surface area contributed by atoms with Gasteiger partial charge < -0.3 is 4.74 Å². The molecule has 1 aliphatic rings. The molecule has 0 unspecified atom stereocenters. The van der Waals surface area contributed by atoms with E-state index in [1.165, 1.54) is 0 Å². The van der Waals surface area contributed by atoms with Gasteiger partial charge in [0.25, 0.3) is 0 Å². The Hall–Kier alpha value is -0.540. The van der Waals surface area contributed by atoms with Crippen molar-refractivity contribution in [3.05, 3.63) is 34.9 Å². The number of hydrogen-bond donors (Lipinski definition) is 0. The second-order valence-electron chi connectivity index (χ2n) is 3.52. The Balaban J connectivity index is 2.21. The molecule has 0 bridgehead atoms. The number of halogens is 2. The van der Waals surface area contributed by atoms with E-state index < -0.39 is 0 Å². The van der Waals surface area contributed by atoms with Gasteiger partial charge in [-0.1, -0.05) is 39.7 Å². The number of rotatable bonds is 1. The van der Waals surface area contributed by atoms with Crippen molar-refractivity contribution < 1.29 is 9.53 Å². The largest absolute Gasteiger partial charge is 0.456 e. The molecule has 0 amide bonds. The van der Waals surface area contributed by atoms with Gasteiger partial charge in [0, 0.05) is 11.4 Å². The molecule has 0 radical (unpaired) electrons. The summed E-state index contributed by atoms with van der Waals surface area (Å²) in [7, 11) is 0. The Morgan fingerprint density at radius 1 is 1.33 bits per heavy atom. The smallest absolute Gasteiger partial charge is 0.306 e. The van der Waals surface area contributed by atoms with Crippen molar-refractivity contribution in [2.24, 2.45) is 0 Å². The average molecular weight is 290 g/mol. The van der Waals surface area contributed by atoms with E-state index in [4.69, 9.17) is 16.3 Å². The molecule has 0 N–H and O–H groups in total. The predicted octanol–water partition coefficient (Wildman–Crippen LogP) is 3.48. The maximum Gasteiger partial charge on any atom is 0.306 e. The van der Waals surface area contributed by atoms with Crippen LogP contribution in [0, 0.1) is 0 Å². The highest BCUT2D eigenvalue weighted by atomic mass is 79.9. The molecule has 15 heavy (non-hydrogen) atoms. The lowest BCUT2D eigenvalue weighted by atomic mass is 10.0. The van der Waals surface area contributed by atoms with Crippen molar-refractivity contribution in [1.29, 1.82) is 0 Å². The lowest BCUT2D eigenvalue weighted by molar-refractivity contribution is -0.153. The number of alkyl halides is 1. The molecule has 1 saturated heterocycles. The summed E-state index contributed by atoms with van der Waals surface area (Å²) in [6, 6.07) is 7.39. The highest BCUT2D eigenvalue weighted by molar-refractivity contribution is 9.09. The SMILES string of the molecule is O=C1CC[C@@H](Br)[C@H](c2ccc(Cl)cc2)O1. The van der Waals surface area contributed by atoms with Crippen LogP contribution in [-0.4, -0.2) is 10.8 Å². The first-order chi connectivity index (χ1) is 7.16. The molecule has 0 saturated carbocycles. The van der Waals surface area contributed by atoms with Crippen molar-refractivity contribution in [3.63, 3.8) is 0 Å². The molecule has 4 heteroatoms. The zero-order valence-corrected chi connectivity index (χ0v) is 10.3. The maximum absolute atomic E-state index is 11.2. The van der Waals surface area contributed by atoms with Crippen LogP contribution in [0.4, 0.5) is 0 Å². The summed E-state index contributed by atoms with van der Waals surface area (Å²) in [5.41, 5.74) is 0.981. The normalized spacial score (nSPS) is 26.1. The van der Waals surface area contributed by atoms with E-state index in [2.05, 4.69) is 15.9 Å². The summed E-state index contributed by atoms with van der Waals surface area (Å²) in [6.07, 6.45) is 1.11. The zero-order valence-electron chi connectivity index (χ0n) is 7.95. The molecule has 2 nitrogen and oxygen atoms in total. The van der Waals surface area contributed by atoms with Crippen LogP contribution in [0.5, 0.6) is 0 Å². The number of hydrogen-bond acceptors (Lipinski definition) is 2. The molecule has 0 spiro atoms. The average Bonchev–Trinajstić information content (AvgIpc) is 2.23. The first-order valence-electron chi connectivity index (χ1n) is 4.76. The predicted molar refractivity (Wildman–Crippen MR) is 62.2 cm³/mol. The summed E-state index contributed by atoms with van der Waals surface area (Å²) in [6.45, 7) is 0. The number of ether oxygens (including phenoxy) is 1. The molecule has 0 aliphatic carbocycles. The van der Waals surface area contributed by atoms with Crippen LogP contribution < -0.4 is 0 Å². The van der Waals surface area contributed by atoms with E-state index in [1.54, 1.807) is 12.1 Å². The van der Waals surface area contributed by atoms with Crippen LogP contribution in [0.2, 0.25) is 5.02 Å². The lowest BCUT2D eigenvalue weighted by Gasteiger charge is -2.27. The van der Waals surface area contributed by atoms with Gasteiger partial charge in [0.15, 0.2) is 0 Å². The second-order valence-corrected chi connectivity index (χ2v) is 5.13. The van der Waals surface area contributed by atoms with Crippen LogP contribution >= 0.6 is 27.5 Å². The molecule has 2 atom stereocenters. The third-order valence-electron chi connectivity index (χ3n) is 2.41. The number of carbonyl (C=O) groups excluding carboxylic acids is 1. The minimum atomic E-state index is -0.191. The van der Waals surface area contributed by atoms with E-state index in [0.717, 1.165) is 12.0 Å². The van der Waals surface area contributed by atoms with Gasteiger partial charge >= 0.3 is 5.97 Å². The van der Waals surface area contributed by atoms with Gasteiger partial charge in [-0.05, 0) is 24.1 Å². The first kappa shape index (κ1) is 11.0. The van der Waals surface area contributed by atoms with Crippen molar-refractivity contribution >= 4 is 33.5 Å². The van der Waals surface area contributed by atoms with Crippen molar-refractivity contribution in [2.75, 3.05) is 0 Å². The van der Waals surface area contributed by atoms with Crippen LogP contribution in [-0.2, 0) is 9.53 Å². The maximum atomic E-state index is 11.2. The molecule has 1 heterocycles. The monoisotopic (exact) mass is 288 g/mol. The highest BCUT2D eigenvalue weighted by Gasteiger charge is 2.29. The van der Waals surface area contributed by atoms with Crippen LogP contribution in [0.3, 0.4) is 0 Å². The van der Waals surface area contributed by atoms with Gasteiger partial charge in [0.1, 0.15) is 6.10 Å². The number of benzene rings is 1. The minimum Gasteiger partial charge on any atom is -0.456 e. The van der Waals surface area contributed by atoms with Gasteiger partial charge in [-0.3, -0.25) is 4.79 Å². The first-order valence-corrected chi connectivity index (χ1v) is 6.05. The Morgan fingerprint density at radius 2 is 2.00 bits per heavy atom. The fraction of sp³-hybridized carbons (Fsp3) is 0.364. The Bertz CT molecular complexity index is 363. The Labute approximate surface area is 102 Å². The minimum absolute atomic E-state index is 0.134. The van der Waals surface area contributed by atoms with Gasteiger partial charge in [0.05, 0.1) is 4.83 Å². The summed E-state index contributed by atoms with van der Waals surface area (Å²) < 4.78 is 5.30. The van der Waals surface area contributed by atoms with E-state index >= 15 is 0 Å². The summed E-state index contributed by atoms with van der Waals surface area (Å²) >= 11 is 9.32. The summed E-state index contributed by atoms with van der Waals surface area (Å²) in [4.78, 5) is 11.4. The summed E-state index contributed by atoms with van der Waals surface area (Å²) in [5, 5.41) is 0.687. The molecule has 80 valence electrons. The topological polar surface area (TPSA) is 26.3 Å². The fourth-order valence-electron chi connectivity index (χ4n) is 1.61. The van der Waals surface area contributed by atoms with E-state index in [-0.39, 0.29) is 16.9 Å². The van der Waals surface area contributed by atoms with Gasteiger partial charge in [-0.2, -0.15) is 0 Å². The Morgan fingerprint density at radius 3 is 2.67 bits per heavy atom. The molecule has 1 aliphatic heterocycles. The van der Waals surface area contributed by atoms with Crippen molar-refractivity contribution in [2.45, 2.75) is 23.8 Å². The van der Waals surface area contributed by atoms with Gasteiger partial charge in [-0.25, -0.2) is 0 Å². The van der Waals surface area contributed by atoms with Crippen molar-refractivity contribution in [1.82, 2.24) is 0 Å². The fourth-order valence-corrected chi connectivity index (χ4v) is 2.38. The van der Waals surface area contributed by atoms with E-state index in [1.807, 2.05) is 12.1 Å². The Kier molecular flexibility index (Phi) is 3.32. The summed E-state index contributed by atoms with van der Waals surface area (Å²) in [5.74, 6) is -0.134. The number of cyclic esters (lactones) is 1. The molecular formula is C11H10BrClO2. The van der Waals surface area contributed by atoms with Crippen LogP contribution in [0.25, 0.3) is 0 Å². The number of carbonyl (C=O) groups is 1. The molecule has 2 rings (SSSR count). The zero-order chi connectivity index (χ0) is 10.8. The second kappa shape index (κ2) is 4.54. The highest BCUT2D eigenvalue weighted by Crippen LogP contribution is 2.34. The molecular weight excluding hydrogens is 279 g/mol. The third kappa shape index (κ3) is 2.52.